The van der Waals surface area contributed by atoms with Crippen LogP contribution in [0.1, 0.15) is 44.6 Å². The molecule has 1 aliphatic heterocycles. The maximum absolute atomic E-state index is 12.4. The highest BCUT2D eigenvalue weighted by Crippen LogP contribution is 2.32. The number of fused-ring (bicyclic) bond motifs is 1. The number of hydrogen-bond acceptors (Lipinski definition) is 4. The molecule has 1 aliphatic rings. The summed E-state index contributed by atoms with van der Waals surface area (Å²) in [6, 6.07) is 5.54. The van der Waals surface area contributed by atoms with Gasteiger partial charge in [-0.1, -0.05) is 6.07 Å². The van der Waals surface area contributed by atoms with Crippen LogP contribution in [0.15, 0.2) is 18.2 Å². The molecular formula is C17H18N2O4. The first-order valence-electron chi connectivity index (χ1n) is 7.34. The molecule has 2 heterocycles. The Balaban J connectivity index is 1.73. The third-order valence-corrected chi connectivity index (χ3v) is 3.91. The minimum absolute atomic E-state index is 0.0499. The van der Waals surface area contributed by atoms with Crippen LogP contribution in [0, 0.1) is 13.8 Å². The number of nitrogens with one attached hydrogen (secondary N) is 2. The van der Waals surface area contributed by atoms with Crippen molar-refractivity contribution in [1.29, 1.82) is 0 Å². The number of aromatic nitrogens is 1. The van der Waals surface area contributed by atoms with E-state index in [1.807, 2.05) is 18.2 Å². The molecule has 2 aromatic rings. The Morgan fingerprint density at radius 2 is 1.96 bits per heavy atom. The van der Waals surface area contributed by atoms with Crippen molar-refractivity contribution in [2.24, 2.45) is 0 Å². The van der Waals surface area contributed by atoms with Gasteiger partial charge in [-0.3, -0.25) is 9.59 Å². The van der Waals surface area contributed by atoms with Gasteiger partial charge in [-0.15, -0.1) is 0 Å². The predicted molar refractivity (Wildman–Crippen MR) is 84.0 cm³/mol. The number of aromatic amines is 1. The standard InChI is InChI=1S/C17H18N2O4/c1-9-15(11(3)20)10(2)19-16(9)17(21)18-7-12-4-5-13-14(6-12)23-8-22-13/h4-6,19H,7-8H2,1-3H3,(H,18,21). The number of ether oxygens (including phenoxy) is 2. The summed E-state index contributed by atoms with van der Waals surface area (Å²) in [6.45, 7) is 5.65. The van der Waals surface area contributed by atoms with Gasteiger partial charge in [0.1, 0.15) is 5.69 Å². The number of benzene rings is 1. The molecule has 3 rings (SSSR count). The van der Waals surface area contributed by atoms with Gasteiger partial charge in [0.2, 0.25) is 6.79 Å². The fourth-order valence-electron chi connectivity index (χ4n) is 2.83. The number of Topliss-reactive ketones (excluding diaryl/α,β-unsaturated/α-hetero) is 1. The Morgan fingerprint density at radius 1 is 1.22 bits per heavy atom. The number of carbonyl (C=O) groups excluding carboxylic acids is 2. The van der Waals surface area contributed by atoms with Crippen LogP contribution in [0.2, 0.25) is 0 Å². The van der Waals surface area contributed by atoms with E-state index >= 15 is 0 Å². The fraction of sp³-hybridized carbons (Fsp3) is 0.294. The lowest BCUT2D eigenvalue weighted by Crippen LogP contribution is -2.24. The van der Waals surface area contributed by atoms with Crippen molar-refractivity contribution in [3.8, 4) is 11.5 Å². The van der Waals surface area contributed by atoms with Crippen LogP contribution >= 0.6 is 0 Å². The Morgan fingerprint density at radius 3 is 2.65 bits per heavy atom. The van der Waals surface area contributed by atoms with Crippen molar-refractivity contribution in [3.63, 3.8) is 0 Å². The first-order valence-corrected chi connectivity index (χ1v) is 7.34. The van der Waals surface area contributed by atoms with Crippen molar-refractivity contribution in [3.05, 3.63) is 46.3 Å². The van der Waals surface area contributed by atoms with Gasteiger partial charge >= 0.3 is 0 Å². The Hall–Kier alpha value is -2.76. The van der Waals surface area contributed by atoms with E-state index in [1.165, 1.54) is 6.92 Å². The van der Waals surface area contributed by atoms with Crippen molar-refractivity contribution in [2.75, 3.05) is 6.79 Å². The van der Waals surface area contributed by atoms with Crippen molar-refractivity contribution in [1.82, 2.24) is 10.3 Å². The molecule has 1 aromatic heterocycles. The molecule has 0 bridgehead atoms. The molecule has 23 heavy (non-hydrogen) atoms. The van der Waals surface area contributed by atoms with Gasteiger partial charge in [0.05, 0.1) is 0 Å². The number of hydrogen-bond donors (Lipinski definition) is 2. The van der Waals surface area contributed by atoms with E-state index in [9.17, 15) is 9.59 Å². The fourth-order valence-corrected chi connectivity index (χ4v) is 2.83. The molecule has 0 spiro atoms. The molecular weight excluding hydrogens is 296 g/mol. The molecule has 0 radical (unpaired) electrons. The molecule has 120 valence electrons. The topological polar surface area (TPSA) is 80.4 Å². The van der Waals surface area contributed by atoms with Gasteiger partial charge < -0.3 is 19.8 Å². The first-order chi connectivity index (χ1) is 11.0. The zero-order valence-electron chi connectivity index (χ0n) is 13.3. The number of aryl methyl sites for hydroxylation is 1. The van der Waals surface area contributed by atoms with Crippen LogP contribution in [-0.4, -0.2) is 23.5 Å². The third-order valence-electron chi connectivity index (χ3n) is 3.91. The minimum Gasteiger partial charge on any atom is -0.454 e. The molecule has 6 nitrogen and oxygen atoms in total. The van der Waals surface area contributed by atoms with Crippen LogP contribution in [0.4, 0.5) is 0 Å². The van der Waals surface area contributed by atoms with Crippen LogP contribution in [0.25, 0.3) is 0 Å². The van der Waals surface area contributed by atoms with Gasteiger partial charge in [-0.05, 0) is 44.0 Å². The van der Waals surface area contributed by atoms with Crippen LogP contribution < -0.4 is 14.8 Å². The molecule has 0 saturated heterocycles. The van der Waals surface area contributed by atoms with Crippen molar-refractivity contribution in [2.45, 2.75) is 27.3 Å². The molecule has 1 amide bonds. The highest BCUT2D eigenvalue weighted by Gasteiger charge is 2.20. The molecule has 0 atom stereocenters. The van der Waals surface area contributed by atoms with E-state index in [0.29, 0.717) is 40.6 Å². The second kappa shape index (κ2) is 5.79. The van der Waals surface area contributed by atoms with E-state index in [-0.39, 0.29) is 18.5 Å². The first kappa shape index (κ1) is 15.1. The molecule has 6 heteroatoms. The zero-order chi connectivity index (χ0) is 16.6. The van der Waals surface area contributed by atoms with Crippen LogP contribution in [0.3, 0.4) is 0 Å². The molecule has 0 saturated carbocycles. The monoisotopic (exact) mass is 314 g/mol. The lowest BCUT2D eigenvalue weighted by atomic mass is 10.1. The summed E-state index contributed by atoms with van der Waals surface area (Å²) in [5, 5.41) is 2.85. The maximum atomic E-state index is 12.4. The second-order valence-corrected chi connectivity index (χ2v) is 5.55. The summed E-state index contributed by atoms with van der Waals surface area (Å²) < 4.78 is 10.6. The Kier molecular flexibility index (Phi) is 3.82. The molecule has 0 fully saturated rings. The summed E-state index contributed by atoms with van der Waals surface area (Å²) in [6.07, 6.45) is 0. The average Bonchev–Trinajstić information content (AvgIpc) is 3.08. The summed E-state index contributed by atoms with van der Waals surface area (Å²) in [4.78, 5) is 27.0. The Bertz CT molecular complexity index is 792. The number of H-pyrrole nitrogens is 1. The van der Waals surface area contributed by atoms with Gasteiger partial charge in [0.25, 0.3) is 5.91 Å². The highest BCUT2D eigenvalue weighted by atomic mass is 16.7. The molecule has 2 N–H and O–H groups in total. The van der Waals surface area contributed by atoms with E-state index in [0.717, 1.165) is 5.56 Å². The van der Waals surface area contributed by atoms with E-state index in [2.05, 4.69) is 10.3 Å². The number of ketones is 1. The third kappa shape index (κ3) is 2.79. The average molecular weight is 314 g/mol. The largest absolute Gasteiger partial charge is 0.454 e. The highest BCUT2D eigenvalue weighted by molar-refractivity contribution is 6.02. The van der Waals surface area contributed by atoms with Gasteiger partial charge in [-0.25, -0.2) is 0 Å². The zero-order valence-corrected chi connectivity index (χ0v) is 13.3. The molecule has 0 unspecified atom stereocenters. The normalized spacial score (nSPS) is 12.3. The number of carbonyl (C=O) groups is 2. The van der Waals surface area contributed by atoms with Gasteiger partial charge in [0, 0.05) is 17.8 Å². The second-order valence-electron chi connectivity index (χ2n) is 5.55. The summed E-state index contributed by atoms with van der Waals surface area (Å²) in [5.41, 5.74) is 3.31. The van der Waals surface area contributed by atoms with Crippen molar-refractivity contribution >= 4 is 11.7 Å². The van der Waals surface area contributed by atoms with Crippen LogP contribution in [-0.2, 0) is 6.54 Å². The number of rotatable bonds is 4. The Labute approximate surface area is 133 Å². The van der Waals surface area contributed by atoms with Crippen molar-refractivity contribution < 1.29 is 19.1 Å². The SMILES string of the molecule is CC(=O)c1c(C)[nH]c(C(=O)NCc2ccc3c(c2)OCO3)c1C. The van der Waals surface area contributed by atoms with Crippen LogP contribution in [0.5, 0.6) is 11.5 Å². The molecule has 1 aromatic carbocycles. The minimum atomic E-state index is -0.240. The van der Waals surface area contributed by atoms with Gasteiger partial charge in [0.15, 0.2) is 17.3 Å². The smallest absolute Gasteiger partial charge is 0.268 e. The quantitative estimate of drug-likeness (QED) is 0.850. The van der Waals surface area contributed by atoms with E-state index in [4.69, 9.17) is 9.47 Å². The van der Waals surface area contributed by atoms with E-state index < -0.39 is 0 Å². The van der Waals surface area contributed by atoms with E-state index in [1.54, 1.807) is 13.8 Å². The predicted octanol–water partition coefficient (Wildman–Crippen LogP) is 2.49. The maximum Gasteiger partial charge on any atom is 0.268 e. The van der Waals surface area contributed by atoms with Gasteiger partial charge in [-0.2, -0.15) is 0 Å². The summed E-state index contributed by atoms with van der Waals surface area (Å²) in [5.74, 6) is 1.10. The molecule has 0 aliphatic carbocycles. The lowest BCUT2D eigenvalue weighted by Gasteiger charge is -2.06. The summed E-state index contributed by atoms with van der Waals surface area (Å²) in [7, 11) is 0. The number of amides is 1. The summed E-state index contributed by atoms with van der Waals surface area (Å²) >= 11 is 0. The lowest BCUT2D eigenvalue weighted by molar-refractivity contribution is 0.0945.